The second-order valence-electron chi connectivity index (χ2n) is 9.07. The van der Waals surface area contributed by atoms with Crippen molar-refractivity contribution in [1.82, 2.24) is 4.90 Å². The predicted molar refractivity (Wildman–Crippen MR) is 115 cm³/mol. The summed E-state index contributed by atoms with van der Waals surface area (Å²) < 4.78 is 19.7. The highest BCUT2D eigenvalue weighted by Crippen LogP contribution is 2.49. The van der Waals surface area contributed by atoms with Crippen LogP contribution in [0.15, 0.2) is 34.9 Å². The maximum absolute atomic E-state index is 13.6. The molecule has 2 heterocycles. The number of halogens is 1. The van der Waals surface area contributed by atoms with E-state index in [2.05, 4.69) is 6.92 Å². The number of nitrogens with zero attached hydrogens (tertiary/aromatic N) is 1. The minimum absolute atomic E-state index is 0.00228. The van der Waals surface area contributed by atoms with Gasteiger partial charge in [-0.2, -0.15) is 0 Å². The van der Waals surface area contributed by atoms with Crippen molar-refractivity contribution in [2.24, 2.45) is 17.8 Å². The van der Waals surface area contributed by atoms with Gasteiger partial charge in [-0.25, -0.2) is 4.39 Å². The van der Waals surface area contributed by atoms with Crippen molar-refractivity contribution in [3.05, 3.63) is 46.3 Å². The fraction of sp³-hybridized carbons (Fsp3) is 0.520. The Labute approximate surface area is 182 Å². The van der Waals surface area contributed by atoms with Crippen molar-refractivity contribution in [3.8, 4) is 5.75 Å². The average molecular weight is 428 g/mol. The molecule has 1 aromatic carbocycles. The minimum Gasteiger partial charge on any atom is -0.505 e. The molecular formula is C25H30FNO4. The Morgan fingerprint density at radius 1 is 1.29 bits per heavy atom. The lowest BCUT2D eigenvalue weighted by Gasteiger charge is -2.30. The fourth-order valence-corrected chi connectivity index (χ4v) is 5.47. The predicted octanol–water partition coefficient (Wildman–Crippen LogP) is 4.46. The number of phenolic OH excluding ortho intramolecular Hbond substituents is 1. The third-order valence-corrected chi connectivity index (χ3v) is 6.88. The number of aromatic hydroxyl groups is 1. The number of hydrogen-bond donors (Lipinski definition) is 1. The number of allylic oxidation sites excluding steroid dienone is 2. The fourth-order valence-electron chi connectivity index (χ4n) is 5.47. The number of amides is 2. The van der Waals surface area contributed by atoms with Gasteiger partial charge in [0.05, 0.1) is 24.5 Å². The van der Waals surface area contributed by atoms with E-state index in [0.29, 0.717) is 25.1 Å². The Kier molecular flexibility index (Phi) is 6.02. The zero-order chi connectivity index (χ0) is 22.3. The van der Waals surface area contributed by atoms with Crippen LogP contribution >= 0.6 is 0 Å². The maximum atomic E-state index is 13.6. The van der Waals surface area contributed by atoms with Crippen LogP contribution < -0.4 is 0 Å². The van der Waals surface area contributed by atoms with Crippen LogP contribution in [0.25, 0.3) is 6.08 Å². The van der Waals surface area contributed by atoms with Crippen molar-refractivity contribution in [2.75, 3.05) is 13.2 Å². The Bertz CT molecular complexity index is 966. The summed E-state index contributed by atoms with van der Waals surface area (Å²) in [6.07, 6.45) is 4.84. The first-order chi connectivity index (χ1) is 14.8. The summed E-state index contributed by atoms with van der Waals surface area (Å²) in [7, 11) is 0. The van der Waals surface area contributed by atoms with Crippen LogP contribution in [0.3, 0.4) is 0 Å². The highest BCUT2D eigenvalue weighted by atomic mass is 19.1. The van der Waals surface area contributed by atoms with Gasteiger partial charge in [0, 0.05) is 12.5 Å². The lowest BCUT2D eigenvalue weighted by atomic mass is 9.70. The van der Waals surface area contributed by atoms with Crippen molar-refractivity contribution in [2.45, 2.75) is 52.6 Å². The molecule has 0 bridgehead atoms. The molecule has 5 nitrogen and oxygen atoms in total. The maximum Gasteiger partial charge on any atom is 0.233 e. The summed E-state index contributed by atoms with van der Waals surface area (Å²) in [6, 6.07) is 4.36. The first-order valence-corrected chi connectivity index (χ1v) is 11.1. The van der Waals surface area contributed by atoms with Crippen LogP contribution in [-0.4, -0.2) is 41.1 Å². The first-order valence-electron chi connectivity index (χ1n) is 11.1. The molecule has 1 N–H and O–H groups in total. The Morgan fingerprint density at radius 2 is 2.06 bits per heavy atom. The highest BCUT2D eigenvalue weighted by molar-refractivity contribution is 6.05. The van der Waals surface area contributed by atoms with Gasteiger partial charge in [0.2, 0.25) is 11.8 Å². The third-order valence-electron chi connectivity index (χ3n) is 6.88. The second kappa shape index (κ2) is 8.58. The molecule has 0 saturated carbocycles. The lowest BCUT2D eigenvalue weighted by Crippen LogP contribution is -2.34. The number of phenols is 1. The molecule has 2 amide bonds. The molecule has 1 aromatic rings. The molecular weight excluding hydrogens is 397 g/mol. The number of imide groups is 1. The normalized spacial score (nSPS) is 28.4. The summed E-state index contributed by atoms with van der Waals surface area (Å²) in [5.74, 6) is -1.54. The van der Waals surface area contributed by atoms with E-state index in [-0.39, 0.29) is 41.4 Å². The summed E-state index contributed by atoms with van der Waals surface area (Å²) in [5.41, 5.74) is 4.20. The van der Waals surface area contributed by atoms with Crippen LogP contribution in [0, 0.1) is 23.6 Å². The van der Waals surface area contributed by atoms with Gasteiger partial charge in [-0.3, -0.25) is 14.5 Å². The molecule has 4 atom stereocenters. The minimum atomic E-state index is -0.631. The van der Waals surface area contributed by atoms with E-state index in [0.717, 1.165) is 24.8 Å². The van der Waals surface area contributed by atoms with Crippen LogP contribution in [0.4, 0.5) is 4.39 Å². The molecule has 2 fully saturated rings. The molecule has 2 saturated heterocycles. The van der Waals surface area contributed by atoms with Gasteiger partial charge >= 0.3 is 0 Å². The molecule has 0 aromatic heterocycles. The van der Waals surface area contributed by atoms with E-state index in [1.165, 1.54) is 28.2 Å². The van der Waals surface area contributed by atoms with E-state index >= 15 is 0 Å². The van der Waals surface area contributed by atoms with Gasteiger partial charge in [0.15, 0.2) is 11.6 Å². The molecule has 1 aliphatic carbocycles. The largest absolute Gasteiger partial charge is 0.505 e. The molecule has 166 valence electrons. The van der Waals surface area contributed by atoms with Crippen LogP contribution in [0.1, 0.15) is 52.0 Å². The van der Waals surface area contributed by atoms with E-state index in [1.54, 1.807) is 6.07 Å². The number of rotatable bonds is 6. The second-order valence-corrected chi connectivity index (χ2v) is 9.07. The zero-order valence-electron chi connectivity index (χ0n) is 18.4. The van der Waals surface area contributed by atoms with Gasteiger partial charge < -0.3 is 9.84 Å². The molecule has 3 aliphatic rings. The van der Waals surface area contributed by atoms with Crippen molar-refractivity contribution < 1.29 is 23.8 Å². The zero-order valence-corrected chi connectivity index (χ0v) is 18.4. The summed E-state index contributed by atoms with van der Waals surface area (Å²) in [4.78, 5) is 27.2. The summed E-state index contributed by atoms with van der Waals surface area (Å²) >= 11 is 0. The summed E-state index contributed by atoms with van der Waals surface area (Å²) in [5, 5.41) is 9.34. The number of hydrogen-bond acceptors (Lipinski definition) is 4. The average Bonchev–Trinajstić information content (AvgIpc) is 3.25. The Balaban J connectivity index is 1.46. The number of carbonyl (C=O) groups is 2. The standard InChI is InChI=1S/C25H30FNO4/c1-4-9-27-24(29)17-11-15(3)22-18(23(17)25(27)30)13-31-21(22)8-5-14(2)10-16-6-7-20(28)19(26)12-16/h6-7,10,12,17-18,21,23,28H,4-5,8-9,11,13H2,1-3H3/b14-10+/t17-,18+,21-,23-/m1/s1. The molecule has 0 radical (unpaired) electrons. The number of ether oxygens (including phenoxy) is 1. The van der Waals surface area contributed by atoms with Crippen molar-refractivity contribution in [1.29, 1.82) is 0 Å². The van der Waals surface area contributed by atoms with Gasteiger partial charge in [-0.1, -0.05) is 30.2 Å². The molecule has 31 heavy (non-hydrogen) atoms. The highest BCUT2D eigenvalue weighted by Gasteiger charge is 2.56. The number of benzene rings is 1. The Hall–Kier alpha value is -2.47. The van der Waals surface area contributed by atoms with Crippen LogP contribution in [-0.2, 0) is 14.3 Å². The van der Waals surface area contributed by atoms with Crippen molar-refractivity contribution in [3.63, 3.8) is 0 Å². The van der Waals surface area contributed by atoms with E-state index in [1.807, 2.05) is 19.9 Å². The molecule has 0 unspecified atom stereocenters. The number of likely N-dealkylation sites (tertiary alicyclic amines) is 1. The van der Waals surface area contributed by atoms with E-state index in [9.17, 15) is 19.1 Å². The first kappa shape index (κ1) is 21.8. The van der Waals surface area contributed by atoms with E-state index in [4.69, 9.17) is 4.74 Å². The van der Waals surface area contributed by atoms with Gasteiger partial charge in [-0.05, 0) is 62.8 Å². The van der Waals surface area contributed by atoms with Gasteiger partial charge in [0.1, 0.15) is 0 Å². The number of carbonyl (C=O) groups excluding carboxylic acids is 2. The summed E-state index contributed by atoms with van der Waals surface area (Å²) in [6.45, 7) is 7.04. The molecule has 6 heteroatoms. The van der Waals surface area contributed by atoms with Crippen LogP contribution in [0.5, 0.6) is 5.75 Å². The van der Waals surface area contributed by atoms with Gasteiger partial charge in [0.25, 0.3) is 0 Å². The van der Waals surface area contributed by atoms with Crippen LogP contribution in [0.2, 0.25) is 0 Å². The smallest absolute Gasteiger partial charge is 0.233 e. The third kappa shape index (κ3) is 3.93. The molecule has 4 rings (SSSR count). The SMILES string of the molecule is CCCN1C(=O)[C@@H]2[C@@H](CC(C)=C3[C@@H](CC/C(C)=C/c4ccc(O)c(F)c4)OC[C@@H]32)C1=O. The monoisotopic (exact) mass is 427 g/mol. The topological polar surface area (TPSA) is 66.8 Å². The lowest BCUT2D eigenvalue weighted by molar-refractivity contribution is -0.140. The molecule has 0 spiro atoms. The number of fused-ring (bicyclic) bond motifs is 3. The Morgan fingerprint density at radius 3 is 2.77 bits per heavy atom. The van der Waals surface area contributed by atoms with E-state index < -0.39 is 5.82 Å². The quantitative estimate of drug-likeness (QED) is 0.538. The van der Waals surface area contributed by atoms with Gasteiger partial charge in [-0.15, -0.1) is 0 Å². The van der Waals surface area contributed by atoms with Crippen molar-refractivity contribution >= 4 is 17.9 Å². The molecule has 2 aliphatic heterocycles.